The van der Waals surface area contributed by atoms with Crippen molar-refractivity contribution in [2.45, 2.75) is 19.8 Å². The molecule has 0 saturated carbocycles. The van der Waals surface area contributed by atoms with E-state index in [9.17, 15) is 9.59 Å². The summed E-state index contributed by atoms with van der Waals surface area (Å²) >= 11 is 15.3. The first kappa shape index (κ1) is 19.3. The van der Waals surface area contributed by atoms with Crippen LogP contribution in [0.4, 0.5) is 0 Å². The van der Waals surface area contributed by atoms with Crippen molar-refractivity contribution in [3.8, 4) is 5.75 Å². The van der Waals surface area contributed by atoms with E-state index >= 15 is 0 Å². The van der Waals surface area contributed by atoms with Gasteiger partial charge >= 0.3 is 5.97 Å². The van der Waals surface area contributed by atoms with Crippen molar-refractivity contribution in [3.05, 3.63) is 26.7 Å². The van der Waals surface area contributed by atoms with E-state index in [1.165, 1.54) is 0 Å². The Kier molecular flexibility index (Phi) is 7.19. The van der Waals surface area contributed by atoms with E-state index < -0.39 is 0 Å². The smallest absolute Gasteiger partial charge is 0.309 e. The Balaban J connectivity index is 1.85. The number of esters is 1. The molecule has 0 aromatic heterocycles. The lowest BCUT2D eigenvalue weighted by atomic mass is 9.97. The molecule has 5 nitrogen and oxygen atoms in total. The maximum Gasteiger partial charge on any atom is 0.309 e. The number of ether oxygens (including phenoxy) is 2. The molecule has 0 aliphatic carbocycles. The van der Waals surface area contributed by atoms with Crippen LogP contribution in [-0.2, 0) is 14.3 Å². The van der Waals surface area contributed by atoms with E-state index in [2.05, 4.69) is 15.9 Å². The fraction of sp³-hybridized carbons (Fsp3) is 0.500. The maximum absolute atomic E-state index is 12.3. The Morgan fingerprint density at radius 2 is 1.96 bits per heavy atom. The number of piperidine rings is 1. The fourth-order valence-corrected chi connectivity index (χ4v) is 3.89. The molecular formula is C16H18BrCl2NO4. The van der Waals surface area contributed by atoms with E-state index in [-0.39, 0.29) is 24.4 Å². The zero-order chi connectivity index (χ0) is 17.7. The number of rotatable bonds is 5. The molecule has 1 aliphatic heterocycles. The van der Waals surface area contributed by atoms with E-state index in [1.807, 2.05) is 0 Å². The maximum atomic E-state index is 12.3. The molecule has 1 aromatic carbocycles. The van der Waals surface area contributed by atoms with Crippen LogP contribution in [0.3, 0.4) is 0 Å². The lowest BCUT2D eigenvalue weighted by Gasteiger charge is -2.30. The Morgan fingerprint density at radius 1 is 1.29 bits per heavy atom. The largest absolute Gasteiger partial charge is 0.481 e. The van der Waals surface area contributed by atoms with Gasteiger partial charge in [-0.3, -0.25) is 9.59 Å². The minimum absolute atomic E-state index is 0.121. The molecule has 24 heavy (non-hydrogen) atoms. The summed E-state index contributed by atoms with van der Waals surface area (Å²) in [6.07, 6.45) is 1.21. The third-order valence-corrected chi connectivity index (χ3v) is 4.86. The van der Waals surface area contributed by atoms with Crippen molar-refractivity contribution < 1.29 is 19.1 Å². The molecule has 1 heterocycles. The molecule has 1 saturated heterocycles. The van der Waals surface area contributed by atoms with Gasteiger partial charge in [0.25, 0.3) is 5.91 Å². The molecule has 0 spiro atoms. The van der Waals surface area contributed by atoms with Crippen LogP contribution in [0, 0.1) is 5.92 Å². The van der Waals surface area contributed by atoms with Gasteiger partial charge < -0.3 is 14.4 Å². The van der Waals surface area contributed by atoms with Crippen LogP contribution in [0.2, 0.25) is 10.0 Å². The summed E-state index contributed by atoms with van der Waals surface area (Å²) in [4.78, 5) is 25.7. The summed E-state index contributed by atoms with van der Waals surface area (Å²) in [6.45, 7) is 3.07. The van der Waals surface area contributed by atoms with Gasteiger partial charge in [0.05, 0.1) is 22.0 Å². The molecule has 1 fully saturated rings. The molecule has 0 N–H and O–H groups in total. The van der Waals surface area contributed by atoms with E-state index in [1.54, 1.807) is 24.0 Å². The van der Waals surface area contributed by atoms with E-state index in [0.29, 0.717) is 52.8 Å². The highest BCUT2D eigenvalue weighted by Crippen LogP contribution is 2.36. The van der Waals surface area contributed by atoms with Crippen LogP contribution in [0.15, 0.2) is 16.6 Å². The summed E-state index contributed by atoms with van der Waals surface area (Å²) in [5.74, 6) is -0.0708. The second-order valence-electron chi connectivity index (χ2n) is 5.39. The molecule has 1 aromatic rings. The van der Waals surface area contributed by atoms with Crippen LogP contribution in [-0.4, -0.2) is 43.1 Å². The quantitative estimate of drug-likeness (QED) is 0.653. The molecule has 0 bridgehead atoms. The van der Waals surface area contributed by atoms with Gasteiger partial charge in [-0.25, -0.2) is 0 Å². The van der Waals surface area contributed by atoms with Crippen LogP contribution in [0.5, 0.6) is 5.75 Å². The van der Waals surface area contributed by atoms with Crippen molar-refractivity contribution in [1.29, 1.82) is 0 Å². The fourth-order valence-electron chi connectivity index (χ4n) is 2.52. The number of likely N-dealkylation sites (tertiary alicyclic amines) is 1. The summed E-state index contributed by atoms with van der Waals surface area (Å²) in [5.41, 5.74) is 0. The second kappa shape index (κ2) is 8.92. The van der Waals surface area contributed by atoms with Gasteiger partial charge in [0.1, 0.15) is 0 Å². The van der Waals surface area contributed by atoms with Gasteiger partial charge in [0.15, 0.2) is 12.4 Å². The summed E-state index contributed by atoms with van der Waals surface area (Å²) in [7, 11) is 0. The third kappa shape index (κ3) is 5.01. The molecule has 0 unspecified atom stereocenters. The highest BCUT2D eigenvalue weighted by atomic mass is 79.9. The number of hydrogen-bond acceptors (Lipinski definition) is 4. The molecule has 132 valence electrons. The number of halogens is 3. The number of carbonyl (C=O) groups is 2. The number of benzene rings is 1. The number of carbonyl (C=O) groups excluding carboxylic acids is 2. The third-order valence-electron chi connectivity index (χ3n) is 3.77. The Bertz CT molecular complexity index is 595. The summed E-state index contributed by atoms with van der Waals surface area (Å²) in [5, 5.41) is 0.815. The first-order valence-corrected chi connectivity index (χ1v) is 9.19. The van der Waals surface area contributed by atoms with Gasteiger partial charge in [-0.1, -0.05) is 23.2 Å². The summed E-state index contributed by atoms with van der Waals surface area (Å²) in [6, 6.07) is 3.20. The SMILES string of the molecule is CCOC(=O)C1CCN(C(=O)COc2c(Cl)cc(Cl)cc2Br)CC1. The van der Waals surface area contributed by atoms with Crippen LogP contribution >= 0.6 is 39.1 Å². The molecular weight excluding hydrogens is 421 g/mol. The average Bonchev–Trinajstić information content (AvgIpc) is 2.54. The topological polar surface area (TPSA) is 55.8 Å². The van der Waals surface area contributed by atoms with Crippen molar-refractivity contribution in [3.63, 3.8) is 0 Å². The molecule has 8 heteroatoms. The van der Waals surface area contributed by atoms with Gasteiger partial charge in [-0.05, 0) is 47.8 Å². The standard InChI is InChI=1S/C16H18BrCl2NO4/c1-2-23-16(22)10-3-5-20(6-4-10)14(21)9-24-15-12(17)7-11(18)8-13(15)19/h7-8,10H,2-6,9H2,1H3. The Labute approximate surface area is 159 Å². The minimum atomic E-state index is -0.183. The first-order valence-electron chi connectivity index (χ1n) is 7.64. The minimum Gasteiger partial charge on any atom is -0.481 e. The molecule has 1 aliphatic rings. The van der Waals surface area contributed by atoms with E-state index in [4.69, 9.17) is 32.7 Å². The van der Waals surface area contributed by atoms with Gasteiger partial charge in [0, 0.05) is 18.1 Å². The normalized spacial score (nSPS) is 15.2. The number of hydrogen-bond donors (Lipinski definition) is 0. The predicted octanol–water partition coefficient (Wildman–Crippen LogP) is 3.94. The van der Waals surface area contributed by atoms with Crippen LogP contribution in [0.1, 0.15) is 19.8 Å². The Hall–Kier alpha value is -0.980. The predicted molar refractivity (Wildman–Crippen MR) is 95.6 cm³/mol. The highest BCUT2D eigenvalue weighted by Gasteiger charge is 2.28. The Morgan fingerprint density at radius 3 is 2.54 bits per heavy atom. The average molecular weight is 439 g/mol. The zero-order valence-electron chi connectivity index (χ0n) is 13.2. The van der Waals surface area contributed by atoms with Gasteiger partial charge in [-0.15, -0.1) is 0 Å². The second-order valence-corrected chi connectivity index (χ2v) is 7.09. The van der Waals surface area contributed by atoms with Gasteiger partial charge in [-0.2, -0.15) is 0 Å². The van der Waals surface area contributed by atoms with Gasteiger partial charge in [0.2, 0.25) is 0 Å². The summed E-state index contributed by atoms with van der Waals surface area (Å²) < 4.78 is 11.1. The zero-order valence-corrected chi connectivity index (χ0v) is 16.3. The molecule has 0 atom stereocenters. The molecule has 2 rings (SSSR count). The van der Waals surface area contributed by atoms with Crippen molar-refractivity contribution in [2.24, 2.45) is 5.92 Å². The van der Waals surface area contributed by atoms with Crippen molar-refractivity contribution in [1.82, 2.24) is 4.90 Å². The molecule has 1 amide bonds. The monoisotopic (exact) mass is 437 g/mol. The molecule has 0 radical (unpaired) electrons. The van der Waals surface area contributed by atoms with E-state index in [0.717, 1.165) is 0 Å². The highest BCUT2D eigenvalue weighted by molar-refractivity contribution is 9.10. The lowest BCUT2D eigenvalue weighted by molar-refractivity contribution is -0.151. The van der Waals surface area contributed by atoms with Crippen LogP contribution in [0.25, 0.3) is 0 Å². The van der Waals surface area contributed by atoms with Crippen LogP contribution < -0.4 is 4.74 Å². The van der Waals surface area contributed by atoms with Crippen molar-refractivity contribution in [2.75, 3.05) is 26.3 Å². The first-order chi connectivity index (χ1) is 11.4. The number of nitrogens with zero attached hydrogens (tertiary/aromatic N) is 1. The van der Waals surface area contributed by atoms with Crippen molar-refractivity contribution >= 4 is 51.0 Å². The lowest BCUT2D eigenvalue weighted by Crippen LogP contribution is -2.42. The number of amides is 1.